The van der Waals surface area contributed by atoms with Gasteiger partial charge >= 0.3 is 0 Å². The van der Waals surface area contributed by atoms with Crippen molar-refractivity contribution < 1.29 is 14.6 Å². The topological polar surface area (TPSA) is 70.9 Å². The Bertz CT molecular complexity index is 1220. The first-order valence-electron chi connectivity index (χ1n) is 10.2. The second kappa shape index (κ2) is 10.1. The number of hydrogen-bond donors (Lipinski definition) is 2. The Hall–Kier alpha value is -4.38. The first-order valence-corrected chi connectivity index (χ1v) is 10.2. The molecule has 0 heterocycles. The summed E-state index contributed by atoms with van der Waals surface area (Å²) in [6, 6.07) is 32.0. The largest absolute Gasteiger partial charge is 0.507 e. The van der Waals surface area contributed by atoms with Crippen LogP contribution in [0.4, 0.5) is 0 Å². The molecule has 4 rings (SSSR count). The van der Waals surface area contributed by atoms with Gasteiger partial charge in [0.05, 0.1) is 6.21 Å². The van der Waals surface area contributed by atoms with Crippen LogP contribution in [0.2, 0.25) is 0 Å². The summed E-state index contributed by atoms with van der Waals surface area (Å²) in [4.78, 5) is 12.3. The number of carbonyl (C=O) groups is 1. The number of benzene rings is 4. The highest BCUT2D eigenvalue weighted by molar-refractivity contribution is 5.95. The smallest absolute Gasteiger partial charge is 0.271 e. The fraction of sp³-hybridized carbons (Fsp3) is 0.0370. The number of para-hydroxylation sites is 2. The minimum atomic E-state index is -0.335. The van der Waals surface area contributed by atoms with Gasteiger partial charge in [-0.05, 0) is 41.5 Å². The Morgan fingerprint density at radius 3 is 2.31 bits per heavy atom. The lowest BCUT2D eigenvalue weighted by Crippen LogP contribution is -2.17. The van der Waals surface area contributed by atoms with Crippen molar-refractivity contribution in [3.63, 3.8) is 0 Å². The molecule has 0 unspecified atom stereocenters. The summed E-state index contributed by atoms with van der Waals surface area (Å²) in [5, 5.41) is 13.6. The average Bonchev–Trinajstić information content (AvgIpc) is 2.85. The molecule has 4 aromatic carbocycles. The second-order valence-electron chi connectivity index (χ2n) is 7.11. The van der Waals surface area contributed by atoms with E-state index in [1.165, 1.54) is 6.21 Å². The fourth-order valence-electron chi connectivity index (χ4n) is 3.18. The van der Waals surface area contributed by atoms with Crippen LogP contribution in [0.5, 0.6) is 11.5 Å². The summed E-state index contributed by atoms with van der Waals surface area (Å²) in [6.45, 7) is 0.386. The number of amides is 1. The first kappa shape index (κ1) is 20.9. The van der Waals surface area contributed by atoms with Gasteiger partial charge in [0.1, 0.15) is 18.1 Å². The molecule has 1 amide bonds. The van der Waals surface area contributed by atoms with Gasteiger partial charge in [0, 0.05) is 16.7 Å². The molecule has 0 bridgehead atoms. The Balaban J connectivity index is 1.37. The lowest BCUT2D eigenvalue weighted by molar-refractivity contribution is 0.0955. The normalized spacial score (nSPS) is 10.8. The van der Waals surface area contributed by atoms with Gasteiger partial charge in [0.2, 0.25) is 0 Å². The van der Waals surface area contributed by atoms with Crippen molar-refractivity contribution >= 4 is 12.1 Å². The summed E-state index contributed by atoms with van der Waals surface area (Å²) in [5.41, 5.74) is 6.55. The van der Waals surface area contributed by atoms with E-state index < -0.39 is 0 Å². The number of hydrogen-bond acceptors (Lipinski definition) is 4. The van der Waals surface area contributed by atoms with Crippen molar-refractivity contribution in [3.8, 4) is 22.6 Å². The number of nitrogens with one attached hydrogen (secondary N) is 1. The van der Waals surface area contributed by atoms with E-state index in [0.717, 1.165) is 22.4 Å². The zero-order chi connectivity index (χ0) is 22.2. The highest BCUT2D eigenvalue weighted by atomic mass is 16.5. The highest BCUT2D eigenvalue weighted by Gasteiger charge is 2.07. The maximum Gasteiger partial charge on any atom is 0.271 e. The lowest BCUT2D eigenvalue weighted by atomic mass is 10.0. The monoisotopic (exact) mass is 422 g/mol. The molecule has 0 saturated heterocycles. The molecule has 0 saturated carbocycles. The molecular weight excluding hydrogens is 400 g/mol. The zero-order valence-electron chi connectivity index (χ0n) is 17.3. The molecule has 0 aliphatic carbocycles. The van der Waals surface area contributed by atoms with Crippen molar-refractivity contribution in [1.29, 1.82) is 0 Å². The van der Waals surface area contributed by atoms with Gasteiger partial charge in [0.15, 0.2) is 0 Å². The average molecular weight is 422 g/mol. The molecule has 0 fully saturated rings. The standard InChI is InChI=1S/C27H22N2O3/c30-25-12-6-4-10-23(25)18-28-29-27(31)22-16-14-20(15-17-22)19-32-26-13-7-5-11-24(26)21-8-2-1-3-9-21/h1-18,30H,19H2,(H,29,31)/b28-18+. The third-order valence-corrected chi connectivity index (χ3v) is 4.89. The van der Waals surface area contributed by atoms with Crippen LogP contribution in [0.3, 0.4) is 0 Å². The molecule has 5 nitrogen and oxygen atoms in total. The third kappa shape index (κ3) is 5.21. The van der Waals surface area contributed by atoms with Crippen LogP contribution < -0.4 is 10.2 Å². The number of carbonyl (C=O) groups excluding carboxylic acids is 1. The molecule has 0 aliphatic heterocycles. The van der Waals surface area contributed by atoms with Crippen molar-refractivity contribution in [3.05, 3.63) is 120 Å². The van der Waals surface area contributed by atoms with E-state index in [1.807, 2.05) is 54.6 Å². The van der Waals surface area contributed by atoms with E-state index in [2.05, 4.69) is 22.7 Å². The molecule has 0 atom stereocenters. The molecule has 0 aliphatic rings. The van der Waals surface area contributed by atoms with Gasteiger partial charge in [-0.2, -0.15) is 5.10 Å². The second-order valence-corrected chi connectivity index (χ2v) is 7.11. The number of hydrazone groups is 1. The van der Waals surface area contributed by atoms with E-state index in [1.54, 1.807) is 36.4 Å². The van der Waals surface area contributed by atoms with E-state index in [9.17, 15) is 9.90 Å². The Labute approximate surface area is 186 Å². The summed E-state index contributed by atoms with van der Waals surface area (Å²) in [5.74, 6) is 0.571. The predicted octanol–water partition coefficient (Wildman–Crippen LogP) is 5.40. The Kier molecular flexibility index (Phi) is 6.58. The molecule has 0 spiro atoms. The van der Waals surface area contributed by atoms with E-state index in [-0.39, 0.29) is 11.7 Å². The number of rotatable bonds is 7. The van der Waals surface area contributed by atoms with E-state index in [0.29, 0.717) is 17.7 Å². The molecule has 2 N–H and O–H groups in total. The number of nitrogens with zero attached hydrogens (tertiary/aromatic N) is 1. The number of ether oxygens (including phenoxy) is 1. The summed E-state index contributed by atoms with van der Waals surface area (Å²) < 4.78 is 6.06. The van der Waals surface area contributed by atoms with Crippen molar-refractivity contribution in [2.75, 3.05) is 0 Å². The molecule has 0 aromatic heterocycles. The van der Waals surface area contributed by atoms with Crippen LogP contribution in [-0.4, -0.2) is 17.2 Å². The van der Waals surface area contributed by atoms with Crippen LogP contribution in [0.1, 0.15) is 21.5 Å². The van der Waals surface area contributed by atoms with Gasteiger partial charge in [0.25, 0.3) is 5.91 Å². The predicted molar refractivity (Wildman–Crippen MR) is 126 cm³/mol. The van der Waals surface area contributed by atoms with Gasteiger partial charge in [-0.15, -0.1) is 0 Å². The van der Waals surface area contributed by atoms with Crippen LogP contribution in [0, 0.1) is 0 Å². The fourth-order valence-corrected chi connectivity index (χ4v) is 3.18. The summed E-state index contributed by atoms with van der Waals surface area (Å²) >= 11 is 0. The van der Waals surface area contributed by atoms with Crippen LogP contribution >= 0.6 is 0 Å². The van der Waals surface area contributed by atoms with Crippen LogP contribution in [0.25, 0.3) is 11.1 Å². The SMILES string of the molecule is O=C(N/N=C/c1ccccc1O)c1ccc(COc2ccccc2-c2ccccc2)cc1. The van der Waals surface area contributed by atoms with E-state index in [4.69, 9.17) is 4.74 Å². The molecule has 5 heteroatoms. The van der Waals surface area contributed by atoms with Crippen LogP contribution in [0.15, 0.2) is 108 Å². The summed E-state index contributed by atoms with van der Waals surface area (Å²) in [6.07, 6.45) is 1.40. The lowest BCUT2D eigenvalue weighted by Gasteiger charge is -2.12. The van der Waals surface area contributed by atoms with Gasteiger partial charge < -0.3 is 9.84 Å². The minimum absolute atomic E-state index is 0.101. The van der Waals surface area contributed by atoms with Gasteiger partial charge in [-0.1, -0.05) is 72.8 Å². The molecular formula is C27H22N2O3. The summed E-state index contributed by atoms with van der Waals surface area (Å²) in [7, 11) is 0. The van der Waals surface area contributed by atoms with Crippen LogP contribution in [-0.2, 0) is 6.61 Å². The van der Waals surface area contributed by atoms with Crippen molar-refractivity contribution in [2.45, 2.75) is 6.61 Å². The molecule has 32 heavy (non-hydrogen) atoms. The zero-order valence-corrected chi connectivity index (χ0v) is 17.3. The van der Waals surface area contributed by atoms with E-state index >= 15 is 0 Å². The van der Waals surface area contributed by atoms with Crippen molar-refractivity contribution in [1.82, 2.24) is 5.43 Å². The maximum absolute atomic E-state index is 12.3. The first-order chi connectivity index (χ1) is 15.7. The van der Waals surface area contributed by atoms with Gasteiger partial charge in [-0.3, -0.25) is 4.79 Å². The Morgan fingerprint density at radius 2 is 1.53 bits per heavy atom. The highest BCUT2D eigenvalue weighted by Crippen LogP contribution is 2.30. The molecule has 158 valence electrons. The number of phenols is 1. The quantitative estimate of drug-likeness (QED) is 0.309. The third-order valence-electron chi connectivity index (χ3n) is 4.89. The number of phenolic OH excluding ortho intramolecular Hbond substituents is 1. The molecule has 0 radical (unpaired) electrons. The maximum atomic E-state index is 12.3. The van der Waals surface area contributed by atoms with Crippen molar-refractivity contribution in [2.24, 2.45) is 5.10 Å². The minimum Gasteiger partial charge on any atom is -0.507 e. The van der Waals surface area contributed by atoms with Gasteiger partial charge in [-0.25, -0.2) is 5.43 Å². The number of aromatic hydroxyl groups is 1. The molecule has 4 aromatic rings. The Morgan fingerprint density at radius 1 is 0.844 bits per heavy atom.